The number of nitrogens with two attached hydrogens (primary N) is 1. The first-order valence-electron chi connectivity index (χ1n) is 7.25. The molecule has 3 rings (SSSR count). The minimum absolute atomic E-state index is 0.241. The molecule has 0 amide bonds. The van der Waals surface area contributed by atoms with E-state index in [-0.39, 0.29) is 10.8 Å². The summed E-state index contributed by atoms with van der Waals surface area (Å²) >= 11 is 5.03. The van der Waals surface area contributed by atoms with E-state index in [4.69, 9.17) is 18.0 Å². The van der Waals surface area contributed by atoms with Gasteiger partial charge in [-0.15, -0.1) is 0 Å². The van der Waals surface area contributed by atoms with Gasteiger partial charge in [0.2, 0.25) is 0 Å². The van der Waals surface area contributed by atoms with E-state index in [1.54, 1.807) is 6.07 Å². The molecule has 20 heavy (non-hydrogen) atoms. The summed E-state index contributed by atoms with van der Waals surface area (Å²) in [4.78, 5) is 2.80. The van der Waals surface area contributed by atoms with Gasteiger partial charge in [-0.25, -0.2) is 4.39 Å². The van der Waals surface area contributed by atoms with Gasteiger partial charge in [0.05, 0.1) is 0 Å². The van der Waals surface area contributed by atoms with E-state index >= 15 is 0 Å². The Kier molecular flexibility index (Phi) is 3.89. The van der Waals surface area contributed by atoms with Crippen molar-refractivity contribution in [2.24, 2.45) is 5.73 Å². The summed E-state index contributed by atoms with van der Waals surface area (Å²) in [6.07, 6.45) is 4.96. The van der Waals surface area contributed by atoms with Crippen LogP contribution < -0.4 is 11.1 Å². The molecule has 3 nitrogen and oxygen atoms in total. The molecule has 0 radical (unpaired) electrons. The molecule has 1 aromatic rings. The van der Waals surface area contributed by atoms with Gasteiger partial charge in [-0.3, -0.25) is 4.90 Å². The lowest BCUT2D eigenvalue weighted by Crippen LogP contribution is -2.42. The predicted molar refractivity (Wildman–Crippen MR) is 83.5 cm³/mol. The molecule has 2 aliphatic rings. The predicted octanol–water partition coefficient (Wildman–Crippen LogP) is 2.50. The first kappa shape index (κ1) is 13.8. The Morgan fingerprint density at radius 3 is 2.95 bits per heavy atom. The Balaban J connectivity index is 1.79. The van der Waals surface area contributed by atoms with Crippen LogP contribution >= 0.6 is 12.2 Å². The van der Waals surface area contributed by atoms with Gasteiger partial charge >= 0.3 is 0 Å². The van der Waals surface area contributed by atoms with Crippen molar-refractivity contribution < 1.29 is 4.39 Å². The van der Waals surface area contributed by atoms with Crippen molar-refractivity contribution in [2.45, 2.75) is 37.8 Å². The number of fused-ring (bicyclic) bond motifs is 1. The molecule has 2 heterocycles. The third-order valence-electron chi connectivity index (χ3n) is 4.44. The third-order valence-corrected chi connectivity index (χ3v) is 4.66. The zero-order valence-corrected chi connectivity index (χ0v) is 12.3. The van der Waals surface area contributed by atoms with Gasteiger partial charge in [0.1, 0.15) is 10.8 Å². The monoisotopic (exact) mass is 293 g/mol. The maximum absolute atomic E-state index is 13.3. The summed E-state index contributed by atoms with van der Waals surface area (Å²) in [5, 5.41) is 3.54. The largest absolute Gasteiger partial charge is 0.389 e. The molecule has 108 valence electrons. The number of hydrogen-bond acceptors (Lipinski definition) is 3. The van der Waals surface area contributed by atoms with Crippen LogP contribution in [0.4, 0.5) is 10.1 Å². The highest BCUT2D eigenvalue weighted by atomic mass is 32.1. The number of halogens is 1. The molecule has 0 saturated carbocycles. The minimum atomic E-state index is -0.302. The quantitative estimate of drug-likeness (QED) is 0.840. The highest BCUT2D eigenvalue weighted by Crippen LogP contribution is 2.30. The molecule has 2 atom stereocenters. The Hall–Kier alpha value is -1.20. The zero-order valence-electron chi connectivity index (χ0n) is 11.4. The van der Waals surface area contributed by atoms with Crippen LogP contribution in [0.5, 0.6) is 0 Å². The van der Waals surface area contributed by atoms with E-state index in [0.29, 0.717) is 17.6 Å². The van der Waals surface area contributed by atoms with Gasteiger partial charge in [0.25, 0.3) is 0 Å². The number of nitrogens with zero attached hydrogens (tertiary/aromatic N) is 1. The Morgan fingerprint density at radius 1 is 1.30 bits per heavy atom. The number of anilines is 1. The summed E-state index contributed by atoms with van der Waals surface area (Å²) in [7, 11) is 0. The molecular formula is C15H20FN3S. The second-order valence-corrected chi connectivity index (χ2v) is 6.13. The van der Waals surface area contributed by atoms with Crippen LogP contribution in [0.1, 0.15) is 31.2 Å². The van der Waals surface area contributed by atoms with Crippen molar-refractivity contribution in [3.8, 4) is 0 Å². The number of thiocarbonyl (C=S) groups is 1. The van der Waals surface area contributed by atoms with Crippen LogP contribution in [-0.4, -0.2) is 35.1 Å². The molecule has 3 N–H and O–H groups in total. The van der Waals surface area contributed by atoms with Crippen molar-refractivity contribution in [2.75, 3.05) is 18.4 Å². The maximum atomic E-state index is 13.3. The molecule has 2 unspecified atom stereocenters. The third kappa shape index (κ3) is 2.65. The Morgan fingerprint density at radius 2 is 2.15 bits per heavy atom. The van der Waals surface area contributed by atoms with E-state index < -0.39 is 0 Å². The molecule has 5 heteroatoms. The first-order valence-corrected chi connectivity index (χ1v) is 7.66. The Labute approximate surface area is 124 Å². The maximum Gasteiger partial charge on any atom is 0.124 e. The lowest BCUT2D eigenvalue weighted by molar-refractivity contribution is 0.193. The van der Waals surface area contributed by atoms with Gasteiger partial charge in [-0.05, 0) is 44.0 Å². The van der Waals surface area contributed by atoms with Crippen molar-refractivity contribution in [3.05, 3.63) is 29.6 Å². The summed E-state index contributed by atoms with van der Waals surface area (Å²) in [5.74, 6) is -0.302. The molecule has 2 aliphatic heterocycles. The fourth-order valence-corrected chi connectivity index (χ4v) is 3.63. The summed E-state index contributed by atoms with van der Waals surface area (Å²) in [6, 6.07) is 5.62. The van der Waals surface area contributed by atoms with E-state index in [0.717, 1.165) is 18.7 Å². The van der Waals surface area contributed by atoms with Crippen molar-refractivity contribution in [1.29, 1.82) is 0 Å². The lowest BCUT2D eigenvalue weighted by Gasteiger charge is -2.33. The van der Waals surface area contributed by atoms with Crippen molar-refractivity contribution in [1.82, 2.24) is 4.90 Å². The van der Waals surface area contributed by atoms with Gasteiger partial charge in [-0.2, -0.15) is 0 Å². The second kappa shape index (κ2) is 5.66. The van der Waals surface area contributed by atoms with E-state index in [1.807, 2.05) is 0 Å². The lowest BCUT2D eigenvalue weighted by atomic mass is 9.98. The molecule has 0 spiro atoms. The van der Waals surface area contributed by atoms with Crippen molar-refractivity contribution >= 4 is 22.9 Å². The van der Waals surface area contributed by atoms with Crippen molar-refractivity contribution in [3.63, 3.8) is 0 Å². The fourth-order valence-electron chi connectivity index (χ4n) is 3.46. The van der Waals surface area contributed by atoms with Crippen LogP contribution in [0.3, 0.4) is 0 Å². The van der Waals surface area contributed by atoms with Gasteiger partial charge in [-0.1, -0.05) is 18.6 Å². The molecule has 2 fully saturated rings. The highest BCUT2D eigenvalue weighted by Gasteiger charge is 2.35. The van der Waals surface area contributed by atoms with Crippen LogP contribution in [0.2, 0.25) is 0 Å². The van der Waals surface area contributed by atoms with Gasteiger partial charge in [0, 0.05) is 29.9 Å². The van der Waals surface area contributed by atoms with E-state index in [2.05, 4.69) is 10.2 Å². The number of benzene rings is 1. The fraction of sp³-hybridized carbons (Fsp3) is 0.533. The zero-order chi connectivity index (χ0) is 14.1. The average Bonchev–Trinajstić information content (AvgIpc) is 2.84. The van der Waals surface area contributed by atoms with Crippen LogP contribution in [0, 0.1) is 5.82 Å². The first-order chi connectivity index (χ1) is 9.65. The number of hydrogen-bond donors (Lipinski definition) is 2. The van der Waals surface area contributed by atoms with Crippen LogP contribution in [0.25, 0.3) is 0 Å². The smallest absolute Gasteiger partial charge is 0.124 e. The highest BCUT2D eigenvalue weighted by molar-refractivity contribution is 7.80. The van der Waals surface area contributed by atoms with Gasteiger partial charge in [0.15, 0.2) is 0 Å². The number of nitrogens with one attached hydrogen (secondary N) is 1. The molecule has 0 aromatic heterocycles. The molecular weight excluding hydrogens is 273 g/mol. The number of piperidine rings is 1. The number of rotatable bonds is 3. The van der Waals surface area contributed by atoms with Gasteiger partial charge < -0.3 is 11.1 Å². The molecule has 0 aliphatic carbocycles. The second-order valence-electron chi connectivity index (χ2n) is 5.69. The van der Waals surface area contributed by atoms with Crippen LogP contribution in [-0.2, 0) is 0 Å². The topological polar surface area (TPSA) is 41.3 Å². The molecule has 0 bridgehead atoms. The standard InChI is InChI=1S/C15H20FN3S/c16-10-4-5-12(11(9-10)15(17)20)18-13-6-8-19-7-2-1-3-14(13)19/h4-5,9,13-14,18H,1-3,6-8H2,(H2,17,20). The van der Waals surface area contributed by atoms with E-state index in [1.165, 1.54) is 37.9 Å². The summed E-state index contributed by atoms with van der Waals surface area (Å²) in [5.41, 5.74) is 7.17. The molecule has 1 aromatic carbocycles. The SMILES string of the molecule is NC(=S)c1cc(F)ccc1NC1CCN2CCCCC12. The normalized spacial score (nSPS) is 26.2. The average molecular weight is 293 g/mol. The van der Waals surface area contributed by atoms with E-state index in [9.17, 15) is 4.39 Å². The van der Waals surface area contributed by atoms with Crippen LogP contribution in [0.15, 0.2) is 18.2 Å². The summed E-state index contributed by atoms with van der Waals surface area (Å²) in [6.45, 7) is 2.35. The summed E-state index contributed by atoms with van der Waals surface area (Å²) < 4.78 is 13.3. The molecule has 2 saturated heterocycles. The minimum Gasteiger partial charge on any atom is -0.389 e. The Bertz CT molecular complexity index is 520.